The van der Waals surface area contributed by atoms with Gasteiger partial charge < -0.3 is 20.4 Å². The normalized spacial score (nSPS) is 23.7. The molecule has 2 aliphatic heterocycles. The molecule has 3 N–H and O–H groups in total. The third-order valence-corrected chi connectivity index (χ3v) is 10.3. The minimum Gasteiger partial charge on any atom is -0.351 e. The molecule has 44 heavy (non-hydrogen) atoms. The first-order valence-electron chi connectivity index (χ1n) is 14.9. The van der Waals surface area contributed by atoms with Gasteiger partial charge in [-0.1, -0.05) is 12.1 Å². The van der Waals surface area contributed by atoms with Gasteiger partial charge in [0.1, 0.15) is 17.0 Å². The second kappa shape index (κ2) is 12.0. The number of nitrogens with zero attached hydrogens (tertiary/aromatic N) is 4. The molecule has 234 valence electrons. The van der Waals surface area contributed by atoms with Crippen molar-refractivity contribution >= 4 is 33.3 Å². The molecule has 3 heterocycles. The van der Waals surface area contributed by atoms with Gasteiger partial charge in [-0.05, 0) is 88.6 Å². The van der Waals surface area contributed by atoms with Crippen LogP contribution in [0.15, 0.2) is 48.7 Å². The molecule has 1 amide bonds. The van der Waals surface area contributed by atoms with Crippen molar-refractivity contribution in [1.82, 2.24) is 20.2 Å². The highest BCUT2D eigenvalue weighted by molar-refractivity contribution is 7.91. The summed E-state index contributed by atoms with van der Waals surface area (Å²) < 4.78 is 56.1. The van der Waals surface area contributed by atoms with E-state index in [4.69, 9.17) is 4.98 Å². The van der Waals surface area contributed by atoms with Crippen LogP contribution >= 0.6 is 0 Å². The highest BCUT2D eigenvalue weighted by Crippen LogP contribution is 2.41. The summed E-state index contributed by atoms with van der Waals surface area (Å²) in [5.74, 6) is -1.41. The molecule has 6 rings (SSSR count). The standard InChI is InChI=1S/C31H37F2N7O3S/c1-39(2)24-9-7-23(8-10-24)36-30-35-16-21-17-40(29(41)31(28(21)37-30)13-14-34-19-31)25-11-12-27(26(33)15-25)38-44(42,43)18-20-3-5-22(32)6-4-20/h3-6,11-12,15-16,23-24,34,38H,7-10,13-14,17-19H2,1-2H3,(H,35,36,37). The van der Waals surface area contributed by atoms with Crippen molar-refractivity contribution in [2.45, 2.75) is 61.9 Å². The van der Waals surface area contributed by atoms with E-state index in [0.29, 0.717) is 48.4 Å². The molecular weight excluding hydrogens is 588 g/mol. The Bertz CT molecular complexity index is 1640. The van der Waals surface area contributed by atoms with Crippen molar-refractivity contribution in [1.29, 1.82) is 0 Å². The topological polar surface area (TPSA) is 120 Å². The fourth-order valence-electron chi connectivity index (χ4n) is 6.57. The molecule has 1 aromatic heterocycles. The number of nitrogens with one attached hydrogen (secondary N) is 3. The number of halogens is 2. The van der Waals surface area contributed by atoms with Crippen LogP contribution in [0, 0.1) is 11.6 Å². The minimum atomic E-state index is -3.98. The quantitative estimate of drug-likeness (QED) is 0.346. The fraction of sp³-hybridized carbons (Fsp3) is 0.452. The SMILES string of the molecule is CN(C)C1CCC(Nc2ncc3c(n2)C2(CCNC2)C(=O)N(c2ccc(NS(=O)(=O)Cc4ccc(F)cc4)c(F)c2)C3)CC1. The highest BCUT2D eigenvalue weighted by Gasteiger charge is 2.51. The van der Waals surface area contributed by atoms with Crippen molar-refractivity contribution in [3.8, 4) is 0 Å². The number of benzene rings is 2. The van der Waals surface area contributed by atoms with E-state index in [9.17, 15) is 17.6 Å². The van der Waals surface area contributed by atoms with Gasteiger partial charge in [-0.25, -0.2) is 27.2 Å². The van der Waals surface area contributed by atoms with Gasteiger partial charge in [0.15, 0.2) is 0 Å². The van der Waals surface area contributed by atoms with E-state index in [1.165, 1.54) is 41.3 Å². The summed E-state index contributed by atoms with van der Waals surface area (Å²) in [6.07, 6.45) is 6.54. The van der Waals surface area contributed by atoms with E-state index in [1.807, 2.05) is 0 Å². The number of hydrogen-bond acceptors (Lipinski definition) is 8. The van der Waals surface area contributed by atoms with Crippen LogP contribution in [0.2, 0.25) is 0 Å². The maximum Gasteiger partial charge on any atom is 0.240 e. The number of sulfonamides is 1. The van der Waals surface area contributed by atoms with E-state index in [2.05, 4.69) is 39.3 Å². The summed E-state index contributed by atoms with van der Waals surface area (Å²) in [4.78, 5) is 27.4. The van der Waals surface area contributed by atoms with Crippen LogP contribution < -0.4 is 20.3 Å². The number of fused-ring (bicyclic) bond motifs is 2. The Hall–Kier alpha value is -3.68. The Morgan fingerprint density at radius 3 is 2.50 bits per heavy atom. The van der Waals surface area contributed by atoms with Crippen molar-refractivity contribution < 1.29 is 22.0 Å². The smallest absolute Gasteiger partial charge is 0.240 e. The van der Waals surface area contributed by atoms with Crippen molar-refractivity contribution in [3.63, 3.8) is 0 Å². The minimum absolute atomic E-state index is 0.166. The molecule has 1 spiro atoms. The fourth-order valence-corrected chi connectivity index (χ4v) is 7.77. The molecule has 1 unspecified atom stereocenters. The maximum atomic E-state index is 15.3. The molecule has 1 atom stereocenters. The third-order valence-electron chi connectivity index (χ3n) is 9.02. The van der Waals surface area contributed by atoms with Crippen molar-refractivity contribution in [2.24, 2.45) is 0 Å². The first-order valence-corrected chi connectivity index (χ1v) is 16.5. The van der Waals surface area contributed by atoms with Crippen molar-refractivity contribution in [3.05, 3.63) is 77.1 Å². The Kier molecular flexibility index (Phi) is 8.29. The second-order valence-electron chi connectivity index (χ2n) is 12.2. The molecule has 2 aromatic carbocycles. The lowest BCUT2D eigenvalue weighted by Gasteiger charge is -2.40. The Morgan fingerprint density at radius 1 is 1.09 bits per heavy atom. The van der Waals surface area contributed by atoms with Gasteiger partial charge in [-0.2, -0.15) is 0 Å². The zero-order chi connectivity index (χ0) is 31.1. The van der Waals surface area contributed by atoms with Crippen LogP contribution in [-0.2, 0) is 32.5 Å². The average Bonchev–Trinajstić information content (AvgIpc) is 3.49. The summed E-state index contributed by atoms with van der Waals surface area (Å²) in [5.41, 5.74) is 1.01. The number of anilines is 3. The van der Waals surface area contributed by atoms with E-state index < -0.39 is 32.8 Å². The lowest BCUT2D eigenvalue weighted by Crippen LogP contribution is -2.53. The number of carbonyl (C=O) groups excluding carboxylic acids is 1. The first kappa shape index (κ1) is 30.4. The van der Waals surface area contributed by atoms with E-state index >= 15 is 4.39 Å². The second-order valence-corrected chi connectivity index (χ2v) is 14.0. The summed E-state index contributed by atoms with van der Waals surface area (Å²) in [7, 11) is 0.250. The van der Waals surface area contributed by atoms with Crippen LogP contribution in [-0.4, -0.2) is 68.5 Å². The zero-order valence-electron chi connectivity index (χ0n) is 24.8. The lowest BCUT2D eigenvalue weighted by molar-refractivity contribution is -0.124. The van der Waals surface area contributed by atoms with E-state index in [1.54, 1.807) is 6.20 Å². The van der Waals surface area contributed by atoms with Crippen LogP contribution in [0.3, 0.4) is 0 Å². The number of amides is 1. The number of aromatic nitrogens is 2. The predicted molar refractivity (Wildman–Crippen MR) is 165 cm³/mol. The number of hydrogen-bond donors (Lipinski definition) is 3. The molecule has 0 radical (unpaired) electrons. The van der Waals surface area contributed by atoms with Gasteiger partial charge in [-0.3, -0.25) is 9.52 Å². The summed E-state index contributed by atoms with van der Waals surface area (Å²) in [6.45, 7) is 1.21. The molecule has 1 aliphatic carbocycles. The Balaban J connectivity index is 1.21. The molecule has 13 heteroatoms. The van der Waals surface area contributed by atoms with Crippen LogP contribution in [0.4, 0.5) is 26.1 Å². The number of carbonyl (C=O) groups is 1. The van der Waals surface area contributed by atoms with Crippen LogP contribution in [0.5, 0.6) is 0 Å². The molecule has 0 bridgehead atoms. The Morgan fingerprint density at radius 2 is 1.84 bits per heavy atom. The number of rotatable bonds is 8. The zero-order valence-corrected chi connectivity index (χ0v) is 25.6. The van der Waals surface area contributed by atoms with Crippen LogP contribution in [0.25, 0.3) is 0 Å². The summed E-state index contributed by atoms with van der Waals surface area (Å²) >= 11 is 0. The van der Waals surface area contributed by atoms with Gasteiger partial charge >= 0.3 is 0 Å². The highest BCUT2D eigenvalue weighted by atomic mass is 32.2. The molecular formula is C31H37F2N7O3S. The van der Waals surface area contributed by atoms with E-state index in [0.717, 1.165) is 37.3 Å². The monoisotopic (exact) mass is 625 g/mol. The van der Waals surface area contributed by atoms with Gasteiger partial charge in [0.25, 0.3) is 0 Å². The van der Waals surface area contributed by atoms with Gasteiger partial charge in [0.2, 0.25) is 21.9 Å². The average molecular weight is 626 g/mol. The molecule has 3 aromatic rings. The van der Waals surface area contributed by atoms with E-state index in [-0.39, 0.29) is 24.2 Å². The lowest BCUT2D eigenvalue weighted by atomic mass is 9.77. The largest absolute Gasteiger partial charge is 0.351 e. The molecule has 1 saturated carbocycles. The molecule has 2 fully saturated rings. The summed E-state index contributed by atoms with van der Waals surface area (Å²) in [6, 6.07) is 9.90. The molecule has 1 saturated heterocycles. The molecule has 3 aliphatic rings. The maximum absolute atomic E-state index is 15.3. The van der Waals surface area contributed by atoms with Gasteiger partial charge in [-0.15, -0.1) is 0 Å². The third kappa shape index (κ3) is 6.13. The van der Waals surface area contributed by atoms with Crippen molar-refractivity contribution in [2.75, 3.05) is 42.1 Å². The first-order chi connectivity index (χ1) is 21.0. The van der Waals surface area contributed by atoms with Crippen LogP contribution in [0.1, 0.15) is 48.9 Å². The van der Waals surface area contributed by atoms with Gasteiger partial charge in [0.05, 0.1) is 23.7 Å². The predicted octanol–water partition coefficient (Wildman–Crippen LogP) is 3.76. The van der Waals surface area contributed by atoms with Gasteiger partial charge in [0, 0.05) is 36.1 Å². The summed E-state index contributed by atoms with van der Waals surface area (Å²) in [5, 5.41) is 6.80. The Labute approximate surface area is 256 Å². The molecule has 10 nitrogen and oxygen atoms in total.